The van der Waals surface area contributed by atoms with Gasteiger partial charge in [-0.05, 0) is 53.9 Å². The molecule has 120 valence electrons. The van der Waals surface area contributed by atoms with Crippen LogP contribution in [0, 0.1) is 5.92 Å². The Bertz CT molecular complexity index is 556. The van der Waals surface area contributed by atoms with Crippen molar-refractivity contribution in [3.63, 3.8) is 0 Å². The highest BCUT2D eigenvalue weighted by molar-refractivity contribution is 9.10. The predicted molar refractivity (Wildman–Crippen MR) is 86.3 cm³/mol. The minimum atomic E-state index is -0.782. The summed E-state index contributed by atoms with van der Waals surface area (Å²) in [6.45, 7) is 3.40. The van der Waals surface area contributed by atoms with Crippen molar-refractivity contribution in [2.24, 2.45) is 5.92 Å². The van der Waals surface area contributed by atoms with E-state index in [2.05, 4.69) is 21.2 Å². The SMILES string of the molecule is CCOc1ccc(NC(=O)N2CCC(C(=O)O)CC2)cc1Br. The van der Waals surface area contributed by atoms with Crippen LogP contribution in [0.1, 0.15) is 19.8 Å². The Balaban J connectivity index is 1.92. The van der Waals surface area contributed by atoms with Crippen molar-refractivity contribution in [3.8, 4) is 5.75 Å². The number of carboxylic acid groups (broad SMARTS) is 1. The average Bonchev–Trinajstić information content (AvgIpc) is 2.50. The summed E-state index contributed by atoms with van der Waals surface area (Å²) in [6.07, 6.45) is 0.992. The van der Waals surface area contributed by atoms with E-state index in [1.54, 1.807) is 23.1 Å². The first-order chi connectivity index (χ1) is 10.5. The zero-order chi connectivity index (χ0) is 16.1. The normalized spacial score (nSPS) is 15.5. The van der Waals surface area contributed by atoms with Crippen LogP contribution in [-0.2, 0) is 4.79 Å². The summed E-state index contributed by atoms with van der Waals surface area (Å²) in [7, 11) is 0. The van der Waals surface area contributed by atoms with Gasteiger partial charge in [0.15, 0.2) is 0 Å². The molecular weight excluding hydrogens is 352 g/mol. The standard InChI is InChI=1S/C15H19BrN2O4/c1-2-22-13-4-3-11(9-12(13)16)17-15(21)18-7-5-10(6-8-18)14(19)20/h3-4,9-10H,2,5-8H2,1H3,(H,17,21)(H,19,20). The highest BCUT2D eigenvalue weighted by atomic mass is 79.9. The molecule has 0 saturated carbocycles. The number of anilines is 1. The van der Waals surface area contributed by atoms with Crippen molar-refractivity contribution in [2.75, 3.05) is 25.0 Å². The number of benzene rings is 1. The van der Waals surface area contributed by atoms with Crippen LogP contribution in [0.25, 0.3) is 0 Å². The molecule has 1 aliphatic heterocycles. The molecule has 0 atom stereocenters. The Morgan fingerprint density at radius 1 is 1.41 bits per heavy atom. The van der Waals surface area contributed by atoms with Gasteiger partial charge in [-0.1, -0.05) is 0 Å². The summed E-state index contributed by atoms with van der Waals surface area (Å²) in [6, 6.07) is 5.14. The lowest BCUT2D eigenvalue weighted by molar-refractivity contribution is -0.143. The molecule has 1 aliphatic rings. The van der Waals surface area contributed by atoms with Gasteiger partial charge in [0.05, 0.1) is 17.0 Å². The largest absolute Gasteiger partial charge is 0.493 e. The zero-order valence-corrected chi connectivity index (χ0v) is 13.9. The molecule has 0 aromatic heterocycles. The Morgan fingerprint density at radius 2 is 2.09 bits per heavy atom. The maximum Gasteiger partial charge on any atom is 0.321 e. The average molecular weight is 371 g/mol. The summed E-state index contributed by atoms with van der Waals surface area (Å²) < 4.78 is 6.20. The van der Waals surface area contributed by atoms with Gasteiger partial charge in [-0.15, -0.1) is 0 Å². The van der Waals surface area contributed by atoms with Crippen LogP contribution in [-0.4, -0.2) is 41.7 Å². The van der Waals surface area contributed by atoms with Crippen LogP contribution >= 0.6 is 15.9 Å². The molecule has 2 amide bonds. The van der Waals surface area contributed by atoms with Gasteiger partial charge < -0.3 is 20.1 Å². The van der Waals surface area contributed by atoms with Gasteiger partial charge >= 0.3 is 12.0 Å². The number of amides is 2. The van der Waals surface area contributed by atoms with E-state index in [1.165, 1.54) is 0 Å². The lowest BCUT2D eigenvalue weighted by Crippen LogP contribution is -2.42. The molecule has 0 unspecified atom stereocenters. The first kappa shape index (κ1) is 16.6. The Hall–Kier alpha value is -1.76. The van der Waals surface area contributed by atoms with Crippen molar-refractivity contribution in [1.29, 1.82) is 0 Å². The number of hydrogen-bond acceptors (Lipinski definition) is 3. The minimum absolute atomic E-state index is 0.208. The maximum absolute atomic E-state index is 12.2. The number of aliphatic carboxylic acids is 1. The second-order valence-electron chi connectivity index (χ2n) is 5.11. The van der Waals surface area contributed by atoms with Crippen LogP contribution in [0.3, 0.4) is 0 Å². The molecular formula is C15H19BrN2O4. The van der Waals surface area contributed by atoms with E-state index in [1.807, 2.05) is 6.92 Å². The first-order valence-corrected chi connectivity index (χ1v) is 8.01. The summed E-state index contributed by atoms with van der Waals surface area (Å²) in [5.74, 6) is -0.401. The number of nitrogens with one attached hydrogen (secondary N) is 1. The van der Waals surface area contributed by atoms with Gasteiger partial charge in [0.1, 0.15) is 5.75 Å². The summed E-state index contributed by atoms with van der Waals surface area (Å²) >= 11 is 3.40. The van der Waals surface area contributed by atoms with E-state index in [-0.39, 0.29) is 11.9 Å². The molecule has 2 N–H and O–H groups in total. The highest BCUT2D eigenvalue weighted by Gasteiger charge is 2.26. The van der Waals surface area contributed by atoms with E-state index in [9.17, 15) is 9.59 Å². The van der Waals surface area contributed by atoms with Crippen molar-refractivity contribution in [1.82, 2.24) is 4.90 Å². The number of carboxylic acids is 1. The number of urea groups is 1. The summed E-state index contributed by atoms with van der Waals surface area (Å²) in [4.78, 5) is 24.7. The van der Waals surface area contributed by atoms with E-state index >= 15 is 0 Å². The van der Waals surface area contributed by atoms with E-state index in [0.29, 0.717) is 38.2 Å². The Morgan fingerprint density at radius 3 is 2.64 bits per heavy atom. The van der Waals surface area contributed by atoms with Crippen LogP contribution in [0.15, 0.2) is 22.7 Å². The Kier molecular flexibility index (Phi) is 5.65. The van der Waals surface area contributed by atoms with Crippen molar-refractivity contribution in [3.05, 3.63) is 22.7 Å². The Labute approximate surface area is 137 Å². The number of nitrogens with zero attached hydrogens (tertiary/aromatic N) is 1. The molecule has 0 radical (unpaired) electrons. The fourth-order valence-electron chi connectivity index (χ4n) is 2.38. The van der Waals surface area contributed by atoms with Gasteiger partial charge in [-0.25, -0.2) is 4.79 Å². The van der Waals surface area contributed by atoms with Gasteiger partial charge in [0.2, 0.25) is 0 Å². The number of ether oxygens (including phenoxy) is 1. The smallest absolute Gasteiger partial charge is 0.321 e. The molecule has 2 rings (SSSR count). The predicted octanol–water partition coefficient (Wildman–Crippen LogP) is 3.18. The van der Waals surface area contributed by atoms with Crippen LogP contribution < -0.4 is 10.1 Å². The molecule has 22 heavy (non-hydrogen) atoms. The fourth-order valence-corrected chi connectivity index (χ4v) is 2.88. The number of rotatable bonds is 4. The fraction of sp³-hybridized carbons (Fsp3) is 0.467. The first-order valence-electron chi connectivity index (χ1n) is 7.22. The molecule has 1 aromatic rings. The lowest BCUT2D eigenvalue weighted by atomic mass is 9.97. The molecule has 1 saturated heterocycles. The molecule has 0 bridgehead atoms. The molecule has 6 nitrogen and oxygen atoms in total. The maximum atomic E-state index is 12.2. The molecule has 0 aliphatic carbocycles. The van der Waals surface area contributed by atoms with Crippen molar-refractivity contribution >= 4 is 33.6 Å². The third-order valence-electron chi connectivity index (χ3n) is 3.61. The molecule has 1 fully saturated rings. The number of halogens is 1. The quantitative estimate of drug-likeness (QED) is 0.852. The zero-order valence-electron chi connectivity index (χ0n) is 12.3. The molecule has 1 aromatic carbocycles. The summed E-state index contributed by atoms with van der Waals surface area (Å²) in [5.41, 5.74) is 0.667. The molecule has 7 heteroatoms. The lowest BCUT2D eigenvalue weighted by Gasteiger charge is -2.30. The van der Waals surface area contributed by atoms with Gasteiger partial charge in [-0.2, -0.15) is 0 Å². The number of likely N-dealkylation sites (tertiary alicyclic amines) is 1. The third kappa shape index (κ3) is 4.13. The third-order valence-corrected chi connectivity index (χ3v) is 4.23. The van der Waals surface area contributed by atoms with Crippen LogP contribution in [0.2, 0.25) is 0 Å². The number of carbonyl (C=O) groups excluding carboxylic acids is 1. The number of hydrogen-bond donors (Lipinski definition) is 2. The number of carbonyl (C=O) groups is 2. The van der Waals surface area contributed by atoms with Crippen molar-refractivity contribution in [2.45, 2.75) is 19.8 Å². The van der Waals surface area contributed by atoms with E-state index < -0.39 is 5.97 Å². The van der Waals surface area contributed by atoms with Gasteiger partial charge in [0, 0.05) is 18.8 Å². The van der Waals surface area contributed by atoms with Gasteiger partial charge in [0.25, 0.3) is 0 Å². The van der Waals surface area contributed by atoms with Crippen LogP contribution in [0.4, 0.5) is 10.5 Å². The minimum Gasteiger partial charge on any atom is -0.493 e. The number of piperidine rings is 1. The van der Waals surface area contributed by atoms with Crippen LogP contribution in [0.5, 0.6) is 5.75 Å². The second kappa shape index (κ2) is 7.49. The van der Waals surface area contributed by atoms with Crippen molar-refractivity contribution < 1.29 is 19.4 Å². The topological polar surface area (TPSA) is 78.9 Å². The summed E-state index contributed by atoms with van der Waals surface area (Å²) in [5, 5.41) is 11.8. The molecule has 1 heterocycles. The van der Waals surface area contributed by atoms with Gasteiger partial charge in [-0.3, -0.25) is 4.79 Å². The van der Waals surface area contributed by atoms with E-state index in [0.717, 1.165) is 10.2 Å². The highest BCUT2D eigenvalue weighted by Crippen LogP contribution is 2.28. The monoisotopic (exact) mass is 370 g/mol. The molecule has 0 spiro atoms. The second-order valence-corrected chi connectivity index (χ2v) is 5.96. The van der Waals surface area contributed by atoms with E-state index in [4.69, 9.17) is 9.84 Å².